The highest BCUT2D eigenvalue weighted by molar-refractivity contribution is 6.34. The van der Waals surface area contributed by atoms with Gasteiger partial charge in [-0.2, -0.15) is 23.3 Å². The first kappa shape index (κ1) is 20.1. The summed E-state index contributed by atoms with van der Waals surface area (Å²) in [6.45, 7) is 1.82. The molecule has 0 saturated carbocycles. The molecule has 0 saturated heterocycles. The van der Waals surface area contributed by atoms with Crippen molar-refractivity contribution < 1.29 is 32.6 Å². The van der Waals surface area contributed by atoms with Gasteiger partial charge in [0.2, 0.25) is 0 Å². The number of phenols is 1. The van der Waals surface area contributed by atoms with Gasteiger partial charge in [0.1, 0.15) is 5.75 Å². The second-order valence-corrected chi connectivity index (χ2v) is 5.98. The molecule has 29 heavy (non-hydrogen) atoms. The number of hydrazone groups is 1. The SMILES string of the molecule is CCOC(=O)c1ccc(N2N=C(C(F)(F)F)/C(=C/c3ccc(O)cc3)C2=O)cc1. The summed E-state index contributed by atoms with van der Waals surface area (Å²) >= 11 is 0. The Balaban J connectivity index is 1.97. The summed E-state index contributed by atoms with van der Waals surface area (Å²) in [7, 11) is 0. The van der Waals surface area contributed by atoms with E-state index in [9.17, 15) is 27.9 Å². The van der Waals surface area contributed by atoms with Gasteiger partial charge in [0.05, 0.1) is 23.4 Å². The molecule has 6 nitrogen and oxygen atoms in total. The Kier molecular flexibility index (Phi) is 5.40. The predicted molar refractivity (Wildman–Crippen MR) is 99.5 cm³/mol. The van der Waals surface area contributed by atoms with Crippen molar-refractivity contribution in [2.45, 2.75) is 13.1 Å². The molecule has 0 spiro atoms. The average molecular weight is 404 g/mol. The van der Waals surface area contributed by atoms with Crippen LogP contribution in [0.25, 0.3) is 6.08 Å². The largest absolute Gasteiger partial charge is 0.508 e. The molecule has 0 aromatic heterocycles. The number of phenolic OH excluding ortho intramolecular Hbond substituents is 1. The number of benzene rings is 2. The number of anilines is 1. The minimum Gasteiger partial charge on any atom is -0.508 e. The summed E-state index contributed by atoms with van der Waals surface area (Å²) in [5, 5.41) is 13.4. The number of esters is 1. The molecule has 150 valence electrons. The number of alkyl halides is 3. The van der Waals surface area contributed by atoms with E-state index in [4.69, 9.17) is 4.74 Å². The van der Waals surface area contributed by atoms with Gasteiger partial charge in [-0.05, 0) is 55.0 Å². The van der Waals surface area contributed by atoms with Gasteiger partial charge in [0.15, 0.2) is 5.71 Å². The summed E-state index contributed by atoms with van der Waals surface area (Å²) in [6.07, 6.45) is -3.79. The van der Waals surface area contributed by atoms with E-state index >= 15 is 0 Å². The predicted octanol–water partition coefficient (Wildman–Crippen LogP) is 3.92. The van der Waals surface area contributed by atoms with Gasteiger partial charge in [-0.1, -0.05) is 12.1 Å². The van der Waals surface area contributed by atoms with Crippen LogP contribution in [0.4, 0.5) is 18.9 Å². The quantitative estimate of drug-likeness (QED) is 0.619. The maximum Gasteiger partial charge on any atom is 0.435 e. The van der Waals surface area contributed by atoms with E-state index in [0.717, 1.165) is 6.08 Å². The van der Waals surface area contributed by atoms with Crippen molar-refractivity contribution in [2.24, 2.45) is 5.10 Å². The molecular weight excluding hydrogens is 389 g/mol. The molecule has 0 aliphatic carbocycles. The highest BCUT2D eigenvalue weighted by Crippen LogP contribution is 2.32. The Morgan fingerprint density at radius 1 is 1.14 bits per heavy atom. The molecule has 1 aliphatic rings. The monoisotopic (exact) mass is 404 g/mol. The normalized spacial score (nSPS) is 15.6. The van der Waals surface area contributed by atoms with Gasteiger partial charge in [-0.25, -0.2) is 4.79 Å². The molecule has 1 N–H and O–H groups in total. The fraction of sp³-hybridized carbons (Fsp3) is 0.150. The van der Waals surface area contributed by atoms with Crippen molar-refractivity contribution in [2.75, 3.05) is 11.6 Å². The van der Waals surface area contributed by atoms with Gasteiger partial charge in [-0.15, -0.1) is 0 Å². The molecule has 1 heterocycles. The van der Waals surface area contributed by atoms with Crippen molar-refractivity contribution in [1.82, 2.24) is 0 Å². The van der Waals surface area contributed by atoms with E-state index in [2.05, 4.69) is 5.10 Å². The fourth-order valence-electron chi connectivity index (χ4n) is 2.62. The topological polar surface area (TPSA) is 79.2 Å². The zero-order chi connectivity index (χ0) is 21.2. The third kappa shape index (κ3) is 4.29. The van der Waals surface area contributed by atoms with E-state index in [1.165, 1.54) is 48.5 Å². The molecule has 2 aromatic rings. The van der Waals surface area contributed by atoms with E-state index in [1.54, 1.807) is 6.92 Å². The molecular formula is C20H15F3N2O4. The molecule has 0 bridgehead atoms. The molecule has 0 radical (unpaired) electrons. The van der Waals surface area contributed by atoms with E-state index in [0.29, 0.717) is 10.6 Å². The number of carbonyl (C=O) groups is 2. The van der Waals surface area contributed by atoms with Gasteiger partial charge < -0.3 is 9.84 Å². The van der Waals surface area contributed by atoms with Crippen LogP contribution in [0.1, 0.15) is 22.8 Å². The molecule has 3 rings (SSSR count). The number of aromatic hydroxyl groups is 1. The lowest BCUT2D eigenvalue weighted by molar-refractivity contribution is -0.114. The van der Waals surface area contributed by atoms with Gasteiger partial charge in [-0.3, -0.25) is 4.79 Å². The van der Waals surface area contributed by atoms with Crippen LogP contribution in [-0.4, -0.2) is 35.5 Å². The minimum atomic E-state index is -4.85. The molecule has 0 fully saturated rings. The van der Waals surface area contributed by atoms with E-state index in [1.807, 2.05) is 0 Å². The number of rotatable bonds is 4. The summed E-state index contributed by atoms with van der Waals surface area (Å²) in [4.78, 5) is 24.4. The van der Waals surface area contributed by atoms with Crippen molar-refractivity contribution in [3.63, 3.8) is 0 Å². The van der Waals surface area contributed by atoms with Crippen LogP contribution in [-0.2, 0) is 9.53 Å². The highest BCUT2D eigenvalue weighted by atomic mass is 19.4. The van der Waals surface area contributed by atoms with Crippen molar-refractivity contribution in [3.8, 4) is 5.75 Å². The zero-order valence-electron chi connectivity index (χ0n) is 15.1. The lowest BCUT2D eigenvalue weighted by Crippen LogP contribution is -2.25. The summed E-state index contributed by atoms with van der Waals surface area (Å²) < 4.78 is 45.2. The fourth-order valence-corrected chi connectivity index (χ4v) is 2.62. The Hall–Kier alpha value is -3.62. The van der Waals surface area contributed by atoms with Crippen molar-refractivity contribution in [3.05, 3.63) is 65.2 Å². The van der Waals surface area contributed by atoms with Crippen LogP contribution in [0.3, 0.4) is 0 Å². The van der Waals surface area contributed by atoms with Crippen LogP contribution < -0.4 is 5.01 Å². The molecule has 2 aromatic carbocycles. The first-order valence-corrected chi connectivity index (χ1v) is 8.49. The zero-order valence-corrected chi connectivity index (χ0v) is 15.1. The van der Waals surface area contributed by atoms with Crippen molar-refractivity contribution in [1.29, 1.82) is 0 Å². The van der Waals surface area contributed by atoms with Crippen LogP contribution in [0, 0.1) is 0 Å². The standard InChI is InChI=1S/C20H15F3N2O4/c1-2-29-19(28)13-5-7-14(8-6-13)25-18(27)16(17(24-25)20(21,22)23)11-12-3-9-15(26)10-4-12/h3-11,26H,2H2,1H3/b16-11-. The summed E-state index contributed by atoms with van der Waals surface area (Å²) in [5.41, 5.74) is -1.40. The number of halogens is 3. The van der Waals surface area contributed by atoms with E-state index < -0.39 is 29.3 Å². The van der Waals surface area contributed by atoms with Gasteiger partial charge >= 0.3 is 12.1 Å². The van der Waals surface area contributed by atoms with Crippen LogP contribution in [0.5, 0.6) is 5.75 Å². The van der Waals surface area contributed by atoms with Crippen molar-refractivity contribution >= 4 is 29.4 Å². The minimum absolute atomic E-state index is 0.0575. The maximum absolute atomic E-state index is 13.4. The van der Waals surface area contributed by atoms with Crippen LogP contribution >= 0.6 is 0 Å². The first-order valence-electron chi connectivity index (χ1n) is 8.49. The van der Waals surface area contributed by atoms with Crippen LogP contribution in [0.2, 0.25) is 0 Å². The second kappa shape index (κ2) is 7.78. The number of amides is 1. The summed E-state index contributed by atoms with van der Waals surface area (Å²) in [5.74, 6) is -1.61. The number of hydrogen-bond donors (Lipinski definition) is 1. The van der Waals surface area contributed by atoms with E-state index in [-0.39, 0.29) is 23.6 Å². The van der Waals surface area contributed by atoms with Gasteiger partial charge in [0.25, 0.3) is 5.91 Å². The third-order valence-electron chi connectivity index (χ3n) is 3.97. The average Bonchev–Trinajstić information content (AvgIpc) is 3.01. The molecule has 1 aliphatic heterocycles. The number of carbonyl (C=O) groups excluding carboxylic acids is 2. The third-order valence-corrected chi connectivity index (χ3v) is 3.97. The Labute approximate surface area is 163 Å². The highest BCUT2D eigenvalue weighted by Gasteiger charge is 2.46. The number of nitrogens with zero attached hydrogens (tertiary/aromatic N) is 2. The first-order chi connectivity index (χ1) is 13.7. The molecule has 1 amide bonds. The number of ether oxygens (including phenoxy) is 1. The maximum atomic E-state index is 13.4. The molecule has 9 heteroatoms. The Morgan fingerprint density at radius 3 is 2.31 bits per heavy atom. The van der Waals surface area contributed by atoms with Crippen LogP contribution in [0.15, 0.2) is 59.2 Å². The molecule has 0 atom stereocenters. The summed E-state index contributed by atoms with van der Waals surface area (Å²) in [6, 6.07) is 10.6. The lowest BCUT2D eigenvalue weighted by Gasteiger charge is -2.12. The lowest BCUT2D eigenvalue weighted by atomic mass is 10.1. The Morgan fingerprint density at radius 2 is 1.76 bits per heavy atom. The smallest absolute Gasteiger partial charge is 0.435 e. The number of hydrogen-bond acceptors (Lipinski definition) is 5. The Bertz CT molecular complexity index is 994. The van der Waals surface area contributed by atoms with Gasteiger partial charge in [0, 0.05) is 0 Å². The molecule has 0 unspecified atom stereocenters. The second-order valence-electron chi connectivity index (χ2n) is 5.98.